The van der Waals surface area contributed by atoms with Crippen molar-refractivity contribution in [2.45, 2.75) is 18.3 Å². The molecule has 0 atom stereocenters. The van der Waals surface area contributed by atoms with E-state index >= 15 is 0 Å². The summed E-state index contributed by atoms with van der Waals surface area (Å²) in [6.07, 6.45) is 22.7. The monoisotopic (exact) mass is 890 g/mol. The number of rotatable bonds is 12. The van der Waals surface area contributed by atoms with Crippen LogP contribution in [0.25, 0.3) is 43.8 Å². The van der Waals surface area contributed by atoms with Gasteiger partial charge in [-0.2, -0.15) is 0 Å². The molecule has 330 valence electrons. The first kappa shape index (κ1) is 43.8. The molecular formula is C65H46O4. The van der Waals surface area contributed by atoms with Crippen molar-refractivity contribution in [1.82, 2.24) is 0 Å². The Labute approximate surface area is 404 Å². The van der Waals surface area contributed by atoms with Crippen molar-refractivity contribution in [2.24, 2.45) is 0 Å². The Balaban J connectivity index is 0.00000553. The predicted molar refractivity (Wildman–Crippen MR) is 280 cm³/mol. The number of terminal acetylenes is 4. The van der Waals surface area contributed by atoms with Crippen LogP contribution in [0.1, 0.15) is 51.9 Å². The lowest BCUT2D eigenvalue weighted by atomic mass is 9.64. The standard InChI is InChI=1S/C64H42O4.CH4/c1-5-37-65-45-29-31-51-53(41-45)61(67-39-7-3)35-33-59(51)63(55-21-13-9-17-47(55)48-18-10-14-22-56(48)63)43-25-27-44(28-26-43)64(57-23-15-11-19-49(57)50-20-12-16-24-58(50)64)60-34-36-62(68-40-8-4)54-42-46(66-38-6-2)30-32-52(54)60;/h1-4,9-36,41-42H,37-40H2;1H4. The Hall–Kier alpha value is -9.06. The van der Waals surface area contributed by atoms with Crippen molar-refractivity contribution in [2.75, 3.05) is 26.4 Å². The molecule has 4 nitrogen and oxygen atoms in total. The van der Waals surface area contributed by atoms with Crippen molar-refractivity contribution in [1.29, 1.82) is 0 Å². The van der Waals surface area contributed by atoms with Crippen LogP contribution in [0.2, 0.25) is 0 Å². The van der Waals surface area contributed by atoms with Gasteiger partial charge in [-0.3, -0.25) is 0 Å². The van der Waals surface area contributed by atoms with Gasteiger partial charge in [0.05, 0.1) is 10.8 Å². The Bertz CT molecular complexity index is 3310. The number of ether oxygens (including phenoxy) is 4. The van der Waals surface area contributed by atoms with E-state index < -0.39 is 10.8 Å². The maximum absolute atomic E-state index is 6.22. The van der Waals surface area contributed by atoms with Crippen LogP contribution in [0.5, 0.6) is 23.0 Å². The first-order valence-electron chi connectivity index (χ1n) is 22.5. The SMILES string of the molecule is C.C#CCOc1ccc2c(C3(c4ccc(C5(c6ccc(OCC#C)c7cc(OCC#C)ccc67)c6ccccc6-c6ccccc65)cc4)c4ccccc4-c4ccccc43)ccc(OCC#C)c2c1. The van der Waals surface area contributed by atoms with Crippen molar-refractivity contribution in [3.63, 3.8) is 0 Å². The molecule has 0 aromatic heterocycles. The van der Waals surface area contributed by atoms with Crippen LogP contribution in [0.15, 0.2) is 182 Å². The molecule has 0 unspecified atom stereocenters. The summed E-state index contributed by atoms with van der Waals surface area (Å²) in [6, 6.07) is 65.0. The van der Waals surface area contributed by atoms with E-state index in [1.54, 1.807) is 0 Å². The fourth-order valence-electron chi connectivity index (χ4n) is 11.1. The molecule has 0 spiro atoms. The van der Waals surface area contributed by atoms with E-state index in [9.17, 15) is 0 Å². The van der Waals surface area contributed by atoms with E-state index in [2.05, 4.69) is 169 Å². The predicted octanol–water partition coefficient (Wildman–Crippen LogP) is 13.4. The average Bonchev–Trinajstić information content (AvgIpc) is 3.86. The van der Waals surface area contributed by atoms with Gasteiger partial charge in [-0.25, -0.2) is 0 Å². The molecule has 0 fully saturated rings. The van der Waals surface area contributed by atoms with Gasteiger partial charge >= 0.3 is 0 Å². The summed E-state index contributed by atoms with van der Waals surface area (Å²) in [5.74, 6) is 13.1. The Morgan fingerprint density at radius 1 is 0.319 bits per heavy atom. The van der Waals surface area contributed by atoms with Gasteiger partial charge in [0, 0.05) is 10.8 Å². The van der Waals surface area contributed by atoms with Crippen LogP contribution >= 0.6 is 0 Å². The molecule has 0 saturated heterocycles. The number of hydrogen-bond acceptors (Lipinski definition) is 4. The molecule has 69 heavy (non-hydrogen) atoms. The maximum Gasteiger partial charge on any atom is 0.148 e. The highest BCUT2D eigenvalue weighted by molar-refractivity contribution is 5.99. The van der Waals surface area contributed by atoms with Crippen molar-refractivity contribution in [3.8, 4) is 94.6 Å². The van der Waals surface area contributed by atoms with E-state index in [1.165, 1.54) is 44.5 Å². The van der Waals surface area contributed by atoms with Crippen molar-refractivity contribution in [3.05, 3.63) is 226 Å². The van der Waals surface area contributed by atoms with Gasteiger partial charge < -0.3 is 18.9 Å². The van der Waals surface area contributed by atoms with E-state index in [0.29, 0.717) is 23.0 Å². The Morgan fingerprint density at radius 2 is 0.638 bits per heavy atom. The summed E-state index contributed by atoms with van der Waals surface area (Å²) in [6.45, 7) is 0.515. The highest BCUT2D eigenvalue weighted by atomic mass is 16.5. The molecule has 0 saturated carbocycles. The fourth-order valence-corrected chi connectivity index (χ4v) is 11.1. The first-order valence-corrected chi connectivity index (χ1v) is 22.5. The van der Waals surface area contributed by atoms with Crippen molar-refractivity contribution >= 4 is 21.5 Å². The average molecular weight is 891 g/mol. The summed E-state index contributed by atoms with van der Waals surface area (Å²) < 4.78 is 24.4. The zero-order valence-corrected chi connectivity index (χ0v) is 37.1. The molecule has 0 bridgehead atoms. The number of hydrogen-bond donors (Lipinski definition) is 0. The van der Waals surface area contributed by atoms with Crippen LogP contribution in [0.3, 0.4) is 0 Å². The summed E-state index contributed by atoms with van der Waals surface area (Å²) in [4.78, 5) is 0. The van der Waals surface area contributed by atoms with Gasteiger partial charge in [0.25, 0.3) is 0 Å². The largest absolute Gasteiger partial charge is 0.481 e. The normalized spacial score (nSPS) is 12.9. The number of benzene rings is 9. The second kappa shape index (κ2) is 18.0. The maximum atomic E-state index is 6.22. The summed E-state index contributed by atoms with van der Waals surface area (Å²) in [7, 11) is 0. The van der Waals surface area contributed by atoms with E-state index in [-0.39, 0.29) is 33.9 Å². The Kier molecular flexibility index (Phi) is 11.4. The van der Waals surface area contributed by atoms with Gasteiger partial charge in [-0.05, 0) is 114 Å². The van der Waals surface area contributed by atoms with Gasteiger partial charge in [0.2, 0.25) is 0 Å². The fraction of sp³-hybridized carbons (Fsp3) is 0.108. The lowest BCUT2D eigenvalue weighted by Gasteiger charge is -2.37. The quantitative estimate of drug-likeness (QED) is 0.115. The number of fused-ring (bicyclic) bond motifs is 8. The van der Waals surface area contributed by atoms with Crippen LogP contribution in [0, 0.1) is 49.4 Å². The minimum absolute atomic E-state index is 0. The summed E-state index contributed by atoms with van der Waals surface area (Å²) in [5.41, 5.74) is 12.4. The highest BCUT2D eigenvalue weighted by Crippen LogP contribution is 2.60. The molecule has 0 radical (unpaired) electrons. The molecule has 9 aromatic carbocycles. The lowest BCUT2D eigenvalue weighted by molar-refractivity contribution is 0.368. The minimum atomic E-state index is -0.758. The molecule has 9 aromatic rings. The topological polar surface area (TPSA) is 36.9 Å². The molecule has 0 N–H and O–H groups in total. The van der Waals surface area contributed by atoms with Gasteiger partial charge in [-0.1, -0.05) is 177 Å². The minimum Gasteiger partial charge on any atom is -0.481 e. The van der Waals surface area contributed by atoms with Crippen LogP contribution in [-0.2, 0) is 10.8 Å². The van der Waals surface area contributed by atoms with Crippen LogP contribution in [0.4, 0.5) is 0 Å². The van der Waals surface area contributed by atoms with Gasteiger partial charge in [-0.15, -0.1) is 25.7 Å². The lowest BCUT2D eigenvalue weighted by Crippen LogP contribution is -2.31. The molecule has 0 heterocycles. The molecule has 11 rings (SSSR count). The molecule has 4 heteroatoms. The zero-order valence-electron chi connectivity index (χ0n) is 37.1. The van der Waals surface area contributed by atoms with Gasteiger partial charge in [0.1, 0.15) is 49.4 Å². The molecule has 0 aliphatic heterocycles. The van der Waals surface area contributed by atoms with Crippen LogP contribution in [-0.4, -0.2) is 26.4 Å². The van der Waals surface area contributed by atoms with E-state index in [4.69, 9.17) is 44.6 Å². The molecule has 0 amide bonds. The second-order valence-corrected chi connectivity index (χ2v) is 16.9. The third kappa shape index (κ3) is 6.70. The Morgan fingerprint density at radius 3 is 0.971 bits per heavy atom. The van der Waals surface area contributed by atoms with E-state index in [1.807, 2.05) is 36.4 Å². The molecular weight excluding hydrogens is 845 g/mol. The summed E-state index contributed by atoms with van der Waals surface area (Å²) in [5, 5.41) is 3.75. The van der Waals surface area contributed by atoms with E-state index in [0.717, 1.165) is 43.8 Å². The first-order chi connectivity index (χ1) is 33.6. The third-order valence-corrected chi connectivity index (χ3v) is 13.6. The highest BCUT2D eigenvalue weighted by Gasteiger charge is 2.49. The molecule has 2 aliphatic carbocycles. The van der Waals surface area contributed by atoms with Gasteiger partial charge in [0.15, 0.2) is 0 Å². The second-order valence-electron chi connectivity index (χ2n) is 16.9. The molecule has 2 aliphatic rings. The smallest absolute Gasteiger partial charge is 0.148 e. The van der Waals surface area contributed by atoms with Crippen molar-refractivity contribution < 1.29 is 18.9 Å². The third-order valence-electron chi connectivity index (χ3n) is 13.6. The summed E-state index contributed by atoms with van der Waals surface area (Å²) >= 11 is 0. The van der Waals surface area contributed by atoms with Crippen LogP contribution < -0.4 is 18.9 Å². The zero-order chi connectivity index (χ0) is 46.2.